The predicted octanol–water partition coefficient (Wildman–Crippen LogP) is 1.90. The Balaban J connectivity index is 2.40. The molecule has 0 saturated heterocycles. The SMILES string of the molecule is Cc1ccc([NH3+])c(OC(=O)c2cc([N+](=O)[O-])cc([N+](=O)[O-])c2)c1. The Kier molecular flexibility index (Phi) is 4.32. The number of ether oxygens (including phenoxy) is 1. The third-order valence-corrected chi connectivity index (χ3v) is 2.99. The Morgan fingerprint density at radius 2 is 1.61 bits per heavy atom. The van der Waals surface area contributed by atoms with E-state index in [2.05, 4.69) is 5.73 Å². The van der Waals surface area contributed by atoms with Gasteiger partial charge >= 0.3 is 5.97 Å². The molecule has 2 aromatic rings. The lowest BCUT2D eigenvalue weighted by molar-refractivity contribution is -0.394. The summed E-state index contributed by atoms with van der Waals surface area (Å²) >= 11 is 0. The Labute approximate surface area is 129 Å². The van der Waals surface area contributed by atoms with Gasteiger partial charge in [-0.05, 0) is 18.6 Å². The quantitative estimate of drug-likeness (QED) is 0.395. The lowest BCUT2D eigenvalue weighted by atomic mass is 10.1. The van der Waals surface area contributed by atoms with Crippen LogP contribution in [0.3, 0.4) is 0 Å². The van der Waals surface area contributed by atoms with Gasteiger partial charge in [-0.1, -0.05) is 6.07 Å². The first kappa shape index (κ1) is 16.0. The van der Waals surface area contributed by atoms with E-state index in [9.17, 15) is 25.0 Å². The summed E-state index contributed by atoms with van der Waals surface area (Å²) in [5.74, 6) is -0.753. The van der Waals surface area contributed by atoms with Gasteiger partial charge in [-0.2, -0.15) is 0 Å². The number of nitro groups is 2. The van der Waals surface area contributed by atoms with Crippen LogP contribution in [0.5, 0.6) is 5.75 Å². The van der Waals surface area contributed by atoms with Crippen LogP contribution in [-0.4, -0.2) is 15.8 Å². The minimum absolute atomic E-state index is 0.184. The van der Waals surface area contributed by atoms with Gasteiger partial charge in [0.15, 0.2) is 11.4 Å². The molecular weight excluding hydrogens is 306 g/mol. The number of rotatable bonds is 4. The van der Waals surface area contributed by atoms with Gasteiger partial charge in [-0.15, -0.1) is 0 Å². The van der Waals surface area contributed by atoms with Crippen LogP contribution in [0.4, 0.5) is 17.1 Å². The van der Waals surface area contributed by atoms with Crippen LogP contribution in [-0.2, 0) is 0 Å². The largest absolute Gasteiger partial charge is 0.417 e. The van der Waals surface area contributed by atoms with Gasteiger partial charge in [0.1, 0.15) is 0 Å². The van der Waals surface area contributed by atoms with E-state index in [1.807, 2.05) is 0 Å². The molecule has 0 aliphatic carbocycles. The summed E-state index contributed by atoms with van der Waals surface area (Å²) in [6.07, 6.45) is 0. The third-order valence-electron chi connectivity index (χ3n) is 2.99. The first-order valence-electron chi connectivity index (χ1n) is 6.36. The molecule has 0 aliphatic heterocycles. The number of nitrogens with zero attached hydrogens (tertiary/aromatic N) is 2. The molecule has 9 heteroatoms. The normalized spacial score (nSPS) is 10.2. The first-order chi connectivity index (χ1) is 10.8. The topological polar surface area (TPSA) is 140 Å². The minimum Gasteiger partial charge on any atom is -0.417 e. The van der Waals surface area contributed by atoms with Crippen molar-refractivity contribution in [2.24, 2.45) is 0 Å². The number of hydrogen-bond acceptors (Lipinski definition) is 6. The monoisotopic (exact) mass is 318 g/mol. The summed E-state index contributed by atoms with van der Waals surface area (Å²) in [4.78, 5) is 32.2. The van der Waals surface area contributed by atoms with Crippen molar-refractivity contribution < 1.29 is 25.1 Å². The van der Waals surface area contributed by atoms with E-state index in [1.165, 1.54) is 0 Å². The molecule has 9 nitrogen and oxygen atoms in total. The van der Waals surface area contributed by atoms with E-state index < -0.39 is 27.2 Å². The van der Waals surface area contributed by atoms with E-state index in [4.69, 9.17) is 4.74 Å². The van der Waals surface area contributed by atoms with Gasteiger partial charge in [0.05, 0.1) is 21.5 Å². The zero-order valence-corrected chi connectivity index (χ0v) is 12.0. The molecule has 2 aromatic carbocycles. The summed E-state index contributed by atoms with van der Waals surface area (Å²) in [5, 5.41) is 21.7. The number of hydrogen-bond donors (Lipinski definition) is 1. The summed E-state index contributed by atoms with van der Waals surface area (Å²) < 4.78 is 5.13. The Morgan fingerprint density at radius 3 is 2.13 bits per heavy atom. The highest BCUT2D eigenvalue weighted by atomic mass is 16.6. The second-order valence-corrected chi connectivity index (χ2v) is 4.75. The Morgan fingerprint density at radius 1 is 1.04 bits per heavy atom. The molecule has 23 heavy (non-hydrogen) atoms. The molecule has 0 fully saturated rings. The number of benzene rings is 2. The third kappa shape index (κ3) is 3.66. The van der Waals surface area contributed by atoms with Crippen LogP contribution in [0.15, 0.2) is 36.4 Å². The van der Waals surface area contributed by atoms with Crippen molar-refractivity contribution in [2.45, 2.75) is 6.92 Å². The second kappa shape index (κ2) is 6.20. The number of non-ortho nitro benzene ring substituents is 2. The van der Waals surface area contributed by atoms with Crippen molar-refractivity contribution in [3.63, 3.8) is 0 Å². The molecule has 0 aromatic heterocycles. The van der Waals surface area contributed by atoms with Gasteiger partial charge < -0.3 is 10.5 Å². The molecule has 0 saturated carbocycles. The molecule has 0 amide bonds. The smallest absolute Gasteiger partial charge is 0.344 e. The van der Waals surface area contributed by atoms with E-state index in [0.717, 1.165) is 23.8 Å². The second-order valence-electron chi connectivity index (χ2n) is 4.75. The molecule has 2 rings (SSSR count). The zero-order chi connectivity index (χ0) is 17.1. The standard InChI is InChI=1S/C14H11N3O6/c1-8-2-3-12(15)13(4-8)23-14(18)9-5-10(16(19)20)7-11(6-9)17(21)22/h2-7H,15H2,1H3/p+1. The summed E-state index contributed by atoms with van der Waals surface area (Å²) in [6.45, 7) is 1.79. The molecule has 0 bridgehead atoms. The number of quaternary nitrogens is 1. The molecule has 118 valence electrons. The van der Waals surface area contributed by atoms with Gasteiger partial charge in [-0.25, -0.2) is 4.79 Å². The minimum atomic E-state index is -0.938. The van der Waals surface area contributed by atoms with Gasteiger partial charge in [-0.3, -0.25) is 20.2 Å². The van der Waals surface area contributed by atoms with Crippen LogP contribution in [0.25, 0.3) is 0 Å². The fourth-order valence-corrected chi connectivity index (χ4v) is 1.84. The van der Waals surface area contributed by atoms with Crippen molar-refractivity contribution in [1.82, 2.24) is 0 Å². The maximum absolute atomic E-state index is 12.1. The number of nitro benzene ring substituents is 2. The van der Waals surface area contributed by atoms with Crippen LogP contribution >= 0.6 is 0 Å². The van der Waals surface area contributed by atoms with Crippen molar-refractivity contribution in [2.75, 3.05) is 0 Å². The van der Waals surface area contributed by atoms with Crippen molar-refractivity contribution in [1.29, 1.82) is 0 Å². The highest BCUT2D eigenvalue weighted by Gasteiger charge is 2.21. The van der Waals surface area contributed by atoms with Gasteiger partial charge in [0.25, 0.3) is 11.4 Å². The highest BCUT2D eigenvalue weighted by Crippen LogP contribution is 2.26. The molecule has 0 aliphatic rings. The molecule has 0 radical (unpaired) electrons. The summed E-state index contributed by atoms with van der Waals surface area (Å²) in [6, 6.07) is 7.62. The van der Waals surface area contributed by atoms with E-state index in [1.54, 1.807) is 25.1 Å². The fourth-order valence-electron chi connectivity index (χ4n) is 1.84. The molecule has 0 heterocycles. The van der Waals surface area contributed by atoms with Crippen molar-refractivity contribution in [3.8, 4) is 5.75 Å². The van der Waals surface area contributed by atoms with Gasteiger partial charge in [0, 0.05) is 18.2 Å². The highest BCUT2D eigenvalue weighted by molar-refractivity contribution is 5.93. The Hall–Kier alpha value is -3.33. The zero-order valence-electron chi connectivity index (χ0n) is 12.0. The van der Waals surface area contributed by atoms with Crippen LogP contribution in [0.2, 0.25) is 0 Å². The molecule has 3 N–H and O–H groups in total. The summed E-state index contributed by atoms with van der Waals surface area (Å²) in [7, 11) is 0. The van der Waals surface area contributed by atoms with Crippen LogP contribution in [0, 0.1) is 27.2 Å². The van der Waals surface area contributed by atoms with Gasteiger partial charge in [0.2, 0.25) is 0 Å². The van der Waals surface area contributed by atoms with Crippen LogP contribution < -0.4 is 10.5 Å². The molecular formula is C14H12N3O6+. The maximum atomic E-state index is 12.1. The molecule has 0 unspecified atom stereocenters. The van der Waals surface area contributed by atoms with Crippen molar-refractivity contribution >= 4 is 23.0 Å². The average Bonchev–Trinajstić information content (AvgIpc) is 2.50. The van der Waals surface area contributed by atoms with E-state index in [-0.39, 0.29) is 11.3 Å². The van der Waals surface area contributed by atoms with Crippen molar-refractivity contribution in [3.05, 3.63) is 67.8 Å². The Bertz CT molecular complexity index is 786. The fraction of sp³-hybridized carbons (Fsp3) is 0.0714. The maximum Gasteiger partial charge on any atom is 0.344 e. The number of esters is 1. The number of aryl methyl sites for hydroxylation is 1. The predicted molar refractivity (Wildman–Crippen MR) is 78.4 cm³/mol. The summed E-state index contributed by atoms with van der Waals surface area (Å²) in [5.41, 5.74) is 3.56. The molecule has 0 atom stereocenters. The van der Waals surface area contributed by atoms with E-state index in [0.29, 0.717) is 5.69 Å². The van der Waals surface area contributed by atoms with E-state index >= 15 is 0 Å². The lowest BCUT2D eigenvalue weighted by Gasteiger charge is -2.06. The average molecular weight is 318 g/mol. The number of carbonyl (C=O) groups excluding carboxylic acids is 1. The lowest BCUT2D eigenvalue weighted by Crippen LogP contribution is -2.40. The number of carbonyl (C=O) groups is 1. The van der Waals surface area contributed by atoms with Crippen LogP contribution in [0.1, 0.15) is 15.9 Å². The first-order valence-corrected chi connectivity index (χ1v) is 6.36. The molecule has 0 spiro atoms.